The zero-order valence-electron chi connectivity index (χ0n) is 19.2. The Kier molecular flexibility index (Phi) is 7.85. The van der Waals surface area contributed by atoms with Crippen LogP contribution < -0.4 is 20.5 Å². The van der Waals surface area contributed by atoms with Gasteiger partial charge in [0.2, 0.25) is 5.91 Å². The Labute approximate surface area is 204 Å². The Morgan fingerprint density at radius 1 is 1.18 bits per heavy atom. The van der Waals surface area contributed by atoms with Crippen molar-refractivity contribution in [3.63, 3.8) is 0 Å². The third kappa shape index (κ3) is 5.97. The summed E-state index contributed by atoms with van der Waals surface area (Å²) in [4.78, 5) is 27.3. The van der Waals surface area contributed by atoms with Crippen molar-refractivity contribution in [3.05, 3.63) is 81.6 Å². The molecule has 4 rings (SSSR count). The van der Waals surface area contributed by atoms with E-state index in [4.69, 9.17) is 16.3 Å². The number of carbonyl (C=O) groups is 1. The van der Waals surface area contributed by atoms with E-state index in [0.29, 0.717) is 36.2 Å². The summed E-state index contributed by atoms with van der Waals surface area (Å²) in [5.41, 5.74) is 1.40. The molecule has 0 radical (unpaired) electrons. The molecule has 178 valence electrons. The van der Waals surface area contributed by atoms with E-state index in [0.717, 1.165) is 37.1 Å². The first-order valence-electron chi connectivity index (χ1n) is 11.6. The van der Waals surface area contributed by atoms with Crippen molar-refractivity contribution in [2.45, 2.75) is 32.7 Å². The number of anilines is 1. The average Bonchev–Trinajstić information content (AvgIpc) is 2.87. The molecule has 8 heteroatoms. The number of carbonyl (C=O) groups excluding carboxylic acids is 1. The Hall–Kier alpha value is -3.32. The summed E-state index contributed by atoms with van der Waals surface area (Å²) in [5, 5.41) is 8.15. The van der Waals surface area contributed by atoms with Crippen LogP contribution in [0.2, 0.25) is 5.02 Å². The Morgan fingerprint density at radius 2 is 2.00 bits per heavy atom. The summed E-state index contributed by atoms with van der Waals surface area (Å²) in [5.74, 6) is 1.39. The second-order valence-corrected chi connectivity index (χ2v) is 8.85. The molecule has 0 saturated carbocycles. The molecule has 1 atom stereocenters. The van der Waals surface area contributed by atoms with Crippen LogP contribution in [-0.4, -0.2) is 35.4 Å². The van der Waals surface area contributed by atoms with Gasteiger partial charge in [-0.15, -0.1) is 5.10 Å². The fourth-order valence-corrected chi connectivity index (χ4v) is 4.20. The molecule has 7 nitrogen and oxygen atoms in total. The number of halogens is 1. The SMILES string of the molecule is CCCOc1ccc(CNC(=O)C2CCCN(c3ccc(=O)n(-c4cccc(Cl)c4)n3)C2)cc1. The maximum Gasteiger partial charge on any atom is 0.271 e. The Morgan fingerprint density at radius 3 is 2.76 bits per heavy atom. The number of hydrogen-bond donors (Lipinski definition) is 1. The summed E-state index contributed by atoms with van der Waals surface area (Å²) in [6.07, 6.45) is 2.66. The maximum absolute atomic E-state index is 12.9. The van der Waals surface area contributed by atoms with Crippen LogP contribution in [0.1, 0.15) is 31.7 Å². The highest BCUT2D eigenvalue weighted by molar-refractivity contribution is 6.30. The number of benzene rings is 2. The van der Waals surface area contributed by atoms with E-state index >= 15 is 0 Å². The number of piperidine rings is 1. The van der Waals surface area contributed by atoms with Crippen molar-refractivity contribution in [3.8, 4) is 11.4 Å². The zero-order chi connectivity index (χ0) is 23.9. The second kappa shape index (κ2) is 11.2. The highest BCUT2D eigenvalue weighted by Gasteiger charge is 2.26. The first-order chi connectivity index (χ1) is 16.5. The van der Waals surface area contributed by atoms with E-state index in [1.54, 1.807) is 30.3 Å². The van der Waals surface area contributed by atoms with Crippen LogP contribution in [0.15, 0.2) is 65.5 Å². The van der Waals surface area contributed by atoms with Gasteiger partial charge in [0.05, 0.1) is 18.2 Å². The van der Waals surface area contributed by atoms with Crippen molar-refractivity contribution in [2.24, 2.45) is 5.92 Å². The molecule has 1 unspecified atom stereocenters. The Balaban J connectivity index is 1.39. The molecule has 1 aliphatic rings. The largest absolute Gasteiger partial charge is 0.494 e. The van der Waals surface area contributed by atoms with E-state index in [2.05, 4.69) is 22.2 Å². The molecule has 1 N–H and O–H groups in total. The van der Waals surface area contributed by atoms with Crippen LogP contribution in [0.25, 0.3) is 5.69 Å². The molecule has 1 aliphatic heterocycles. The highest BCUT2D eigenvalue weighted by atomic mass is 35.5. The summed E-state index contributed by atoms with van der Waals surface area (Å²) in [6, 6.07) is 18.1. The van der Waals surface area contributed by atoms with Gasteiger partial charge in [-0.05, 0) is 61.2 Å². The topological polar surface area (TPSA) is 76.5 Å². The summed E-state index contributed by atoms with van der Waals surface area (Å²) in [6.45, 7) is 4.57. The van der Waals surface area contributed by atoms with Crippen molar-refractivity contribution in [1.29, 1.82) is 0 Å². The number of nitrogens with one attached hydrogen (secondary N) is 1. The molecule has 0 aliphatic carbocycles. The molecular weight excluding hydrogens is 452 g/mol. The molecule has 0 bridgehead atoms. The van der Waals surface area contributed by atoms with Gasteiger partial charge in [-0.25, -0.2) is 0 Å². The lowest BCUT2D eigenvalue weighted by atomic mass is 9.97. The summed E-state index contributed by atoms with van der Waals surface area (Å²) >= 11 is 6.09. The minimum absolute atomic E-state index is 0.0270. The summed E-state index contributed by atoms with van der Waals surface area (Å²) < 4.78 is 6.95. The molecule has 0 spiro atoms. The lowest BCUT2D eigenvalue weighted by Gasteiger charge is -2.33. The lowest BCUT2D eigenvalue weighted by molar-refractivity contribution is -0.125. The van der Waals surface area contributed by atoms with Gasteiger partial charge in [-0.2, -0.15) is 4.68 Å². The molecule has 1 amide bonds. The van der Waals surface area contributed by atoms with Crippen LogP contribution in [0.4, 0.5) is 5.82 Å². The Bertz CT molecular complexity index is 1180. The minimum atomic E-state index is -0.233. The summed E-state index contributed by atoms with van der Waals surface area (Å²) in [7, 11) is 0. The van der Waals surface area contributed by atoms with E-state index in [1.165, 1.54) is 10.7 Å². The quantitative estimate of drug-likeness (QED) is 0.522. The molecule has 1 fully saturated rings. The molecule has 34 heavy (non-hydrogen) atoms. The van der Waals surface area contributed by atoms with Gasteiger partial charge >= 0.3 is 0 Å². The molecule has 1 saturated heterocycles. The fourth-order valence-electron chi connectivity index (χ4n) is 4.02. The third-order valence-corrected chi connectivity index (χ3v) is 6.05. The number of rotatable bonds is 8. The number of ether oxygens (including phenoxy) is 1. The maximum atomic E-state index is 12.9. The molecule has 2 aromatic carbocycles. The first-order valence-corrected chi connectivity index (χ1v) is 12.0. The molecule has 2 heterocycles. The van der Waals surface area contributed by atoms with Crippen LogP contribution in [0.3, 0.4) is 0 Å². The van der Waals surface area contributed by atoms with Gasteiger partial charge in [-0.1, -0.05) is 36.7 Å². The predicted molar refractivity (Wildman–Crippen MR) is 134 cm³/mol. The second-order valence-electron chi connectivity index (χ2n) is 8.42. The smallest absolute Gasteiger partial charge is 0.271 e. The first kappa shape index (κ1) is 23.8. The van der Waals surface area contributed by atoms with Crippen molar-refractivity contribution in [1.82, 2.24) is 15.1 Å². The standard InChI is InChI=1S/C26H29ClN4O3/c1-2-15-34-23-10-8-19(9-11-23)17-28-26(33)20-5-4-14-30(18-20)24-12-13-25(32)31(29-24)22-7-3-6-21(27)16-22/h3,6-13,16,20H,2,4-5,14-15,17-18H2,1H3,(H,28,33). The highest BCUT2D eigenvalue weighted by Crippen LogP contribution is 2.22. The van der Waals surface area contributed by atoms with Gasteiger partial charge < -0.3 is 15.0 Å². The van der Waals surface area contributed by atoms with Gasteiger partial charge in [0.25, 0.3) is 5.56 Å². The van der Waals surface area contributed by atoms with Gasteiger partial charge in [-0.3, -0.25) is 9.59 Å². The number of nitrogens with zero attached hydrogens (tertiary/aromatic N) is 3. The predicted octanol–water partition coefficient (Wildman–Crippen LogP) is 4.21. The monoisotopic (exact) mass is 480 g/mol. The van der Waals surface area contributed by atoms with E-state index in [1.807, 2.05) is 24.3 Å². The number of hydrogen-bond acceptors (Lipinski definition) is 5. The third-order valence-electron chi connectivity index (χ3n) is 5.82. The molecule has 1 aromatic heterocycles. The van der Waals surface area contributed by atoms with Gasteiger partial charge in [0.15, 0.2) is 0 Å². The zero-order valence-corrected chi connectivity index (χ0v) is 20.0. The van der Waals surface area contributed by atoms with Crippen molar-refractivity contribution >= 4 is 23.3 Å². The van der Waals surface area contributed by atoms with E-state index < -0.39 is 0 Å². The number of amides is 1. The molecule has 3 aromatic rings. The minimum Gasteiger partial charge on any atom is -0.494 e. The van der Waals surface area contributed by atoms with Crippen molar-refractivity contribution < 1.29 is 9.53 Å². The van der Waals surface area contributed by atoms with Crippen LogP contribution >= 0.6 is 11.6 Å². The van der Waals surface area contributed by atoms with E-state index in [9.17, 15) is 9.59 Å². The van der Waals surface area contributed by atoms with E-state index in [-0.39, 0.29) is 17.4 Å². The van der Waals surface area contributed by atoms with Crippen LogP contribution in [0.5, 0.6) is 5.75 Å². The lowest BCUT2D eigenvalue weighted by Crippen LogP contribution is -2.43. The van der Waals surface area contributed by atoms with Gasteiger partial charge in [0.1, 0.15) is 11.6 Å². The fraction of sp³-hybridized carbons (Fsp3) is 0.346. The normalized spacial score (nSPS) is 15.7. The molecular formula is C26H29ClN4O3. The van der Waals surface area contributed by atoms with Crippen molar-refractivity contribution in [2.75, 3.05) is 24.6 Å². The van der Waals surface area contributed by atoms with Crippen LogP contribution in [-0.2, 0) is 11.3 Å². The average molecular weight is 481 g/mol. The van der Waals surface area contributed by atoms with Gasteiger partial charge in [0, 0.05) is 30.7 Å². The number of aromatic nitrogens is 2. The van der Waals surface area contributed by atoms with Crippen LogP contribution in [0, 0.1) is 5.92 Å².